The Morgan fingerprint density at radius 1 is 1.29 bits per heavy atom. The number of piperazine rings is 1. The molecule has 1 aliphatic heterocycles. The molecule has 1 saturated carbocycles. The van der Waals surface area contributed by atoms with Crippen LogP contribution in [0.2, 0.25) is 0 Å². The molecule has 1 saturated heterocycles. The number of hydrogen-bond acceptors (Lipinski definition) is 4. The van der Waals surface area contributed by atoms with E-state index in [9.17, 15) is 0 Å². The minimum Gasteiger partial charge on any atom is -0.353 e. The van der Waals surface area contributed by atoms with Crippen molar-refractivity contribution in [3.63, 3.8) is 0 Å². The Balaban J connectivity index is 1.84. The minimum atomic E-state index is 0.589. The first-order valence-corrected chi connectivity index (χ1v) is 8.20. The van der Waals surface area contributed by atoms with Crippen LogP contribution < -0.4 is 10.2 Å². The van der Waals surface area contributed by atoms with Gasteiger partial charge in [-0.15, -0.1) is 0 Å². The molecule has 0 aromatic carbocycles. The van der Waals surface area contributed by atoms with Gasteiger partial charge >= 0.3 is 0 Å². The lowest BCUT2D eigenvalue weighted by atomic mass is 10.1. The van der Waals surface area contributed by atoms with Crippen LogP contribution in [0, 0.1) is 13.8 Å². The van der Waals surface area contributed by atoms with Gasteiger partial charge in [-0.05, 0) is 52.3 Å². The van der Waals surface area contributed by atoms with Crippen LogP contribution in [0.15, 0.2) is 6.07 Å². The number of nitrogens with zero attached hydrogens (tertiary/aromatic N) is 3. The van der Waals surface area contributed by atoms with E-state index in [1.54, 1.807) is 0 Å². The summed E-state index contributed by atoms with van der Waals surface area (Å²) in [5.41, 5.74) is 3.89. The van der Waals surface area contributed by atoms with E-state index in [1.807, 2.05) is 0 Å². The van der Waals surface area contributed by atoms with Crippen LogP contribution in [0.5, 0.6) is 0 Å². The van der Waals surface area contributed by atoms with E-state index in [4.69, 9.17) is 4.98 Å². The predicted octanol–water partition coefficient (Wildman–Crippen LogP) is 2.09. The molecule has 1 atom stereocenters. The highest BCUT2D eigenvalue weighted by molar-refractivity contribution is 5.52. The first-order chi connectivity index (χ1) is 10.0. The number of anilines is 1. The second kappa shape index (κ2) is 5.93. The molecule has 0 bridgehead atoms. The number of likely N-dealkylation sites (N-methyl/N-ethyl adjacent to an activating group) is 1. The van der Waals surface area contributed by atoms with Crippen molar-refractivity contribution in [3.8, 4) is 0 Å². The maximum absolute atomic E-state index is 4.88. The molecule has 4 nitrogen and oxygen atoms in total. The van der Waals surface area contributed by atoms with Crippen molar-refractivity contribution in [1.82, 2.24) is 15.2 Å². The normalized spacial score (nSPS) is 23.6. The molecule has 2 aliphatic rings. The lowest BCUT2D eigenvalue weighted by molar-refractivity contribution is 0.233. The van der Waals surface area contributed by atoms with Crippen molar-refractivity contribution >= 4 is 5.82 Å². The molecule has 0 spiro atoms. The molecular weight excluding hydrogens is 260 g/mol. The largest absolute Gasteiger partial charge is 0.353 e. The van der Waals surface area contributed by atoms with E-state index in [2.05, 4.69) is 49.0 Å². The van der Waals surface area contributed by atoms with Gasteiger partial charge in [0.2, 0.25) is 0 Å². The monoisotopic (exact) mass is 288 g/mol. The fourth-order valence-corrected chi connectivity index (χ4v) is 3.10. The number of aromatic nitrogens is 1. The molecule has 4 heteroatoms. The zero-order valence-corrected chi connectivity index (χ0v) is 13.8. The van der Waals surface area contributed by atoms with Gasteiger partial charge in [-0.1, -0.05) is 0 Å². The van der Waals surface area contributed by atoms with E-state index < -0.39 is 0 Å². The lowest BCUT2D eigenvalue weighted by Crippen LogP contribution is -2.50. The van der Waals surface area contributed by atoms with Crippen LogP contribution in [0.4, 0.5) is 5.82 Å². The van der Waals surface area contributed by atoms with Crippen molar-refractivity contribution in [1.29, 1.82) is 0 Å². The fraction of sp³-hybridized carbons (Fsp3) is 0.706. The number of aryl methyl sites for hydroxylation is 2. The van der Waals surface area contributed by atoms with Crippen molar-refractivity contribution in [3.05, 3.63) is 22.9 Å². The molecule has 0 amide bonds. The molecule has 2 fully saturated rings. The Morgan fingerprint density at radius 3 is 2.71 bits per heavy atom. The van der Waals surface area contributed by atoms with Gasteiger partial charge in [0.1, 0.15) is 5.82 Å². The van der Waals surface area contributed by atoms with Gasteiger partial charge in [0, 0.05) is 49.5 Å². The van der Waals surface area contributed by atoms with Crippen molar-refractivity contribution in [2.24, 2.45) is 0 Å². The highest BCUT2D eigenvalue weighted by Crippen LogP contribution is 2.26. The van der Waals surface area contributed by atoms with Gasteiger partial charge in [-0.3, -0.25) is 0 Å². The highest BCUT2D eigenvalue weighted by atomic mass is 15.3. The molecule has 116 valence electrons. The summed E-state index contributed by atoms with van der Waals surface area (Å²) in [7, 11) is 2.21. The van der Waals surface area contributed by atoms with Crippen molar-refractivity contribution < 1.29 is 0 Å². The maximum Gasteiger partial charge on any atom is 0.133 e. The number of nitrogens with one attached hydrogen (secondary N) is 1. The summed E-state index contributed by atoms with van der Waals surface area (Å²) in [4.78, 5) is 9.80. The van der Waals surface area contributed by atoms with Crippen LogP contribution in [-0.2, 0) is 6.54 Å². The molecular formula is C17H28N4. The van der Waals surface area contributed by atoms with Crippen LogP contribution in [0.3, 0.4) is 0 Å². The first kappa shape index (κ1) is 14.8. The molecule has 3 rings (SSSR count). The van der Waals surface area contributed by atoms with Gasteiger partial charge in [0.25, 0.3) is 0 Å². The summed E-state index contributed by atoms with van der Waals surface area (Å²) in [5, 5.41) is 3.66. The predicted molar refractivity (Wildman–Crippen MR) is 87.9 cm³/mol. The molecule has 1 aromatic heterocycles. The Bertz CT molecular complexity index is 510. The summed E-state index contributed by atoms with van der Waals surface area (Å²) in [6.45, 7) is 10.9. The van der Waals surface area contributed by atoms with Gasteiger partial charge in [-0.25, -0.2) is 4.98 Å². The summed E-state index contributed by atoms with van der Waals surface area (Å²) < 4.78 is 0. The third-order valence-electron chi connectivity index (χ3n) is 4.86. The van der Waals surface area contributed by atoms with E-state index >= 15 is 0 Å². The second-order valence-electron chi connectivity index (χ2n) is 6.81. The standard InChI is InChI=1S/C17H28N4/c1-12-9-13(2)19-17(16(12)10-18-15-5-6-15)21-8-7-20(4)14(3)11-21/h9,14-15,18H,5-8,10-11H2,1-4H3. The van der Waals surface area contributed by atoms with Crippen molar-refractivity contribution in [2.45, 2.75) is 52.2 Å². The number of rotatable bonds is 4. The molecule has 1 aromatic rings. The topological polar surface area (TPSA) is 31.4 Å². The average molecular weight is 288 g/mol. The minimum absolute atomic E-state index is 0.589. The van der Waals surface area contributed by atoms with Gasteiger partial charge in [0.15, 0.2) is 0 Å². The number of hydrogen-bond donors (Lipinski definition) is 1. The van der Waals surface area contributed by atoms with Crippen molar-refractivity contribution in [2.75, 3.05) is 31.6 Å². The Labute approximate surface area is 128 Å². The van der Waals surface area contributed by atoms with E-state index in [0.717, 1.165) is 37.9 Å². The maximum atomic E-state index is 4.88. The third kappa shape index (κ3) is 3.38. The lowest BCUT2D eigenvalue weighted by Gasteiger charge is -2.39. The molecule has 1 unspecified atom stereocenters. The Hall–Kier alpha value is -1.13. The second-order valence-corrected chi connectivity index (χ2v) is 6.81. The van der Waals surface area contributed by atoms with Crippen LogP contribution in [0.1, 0.15) is 36.6 Å². The quantitative estimate of drug-likeness (QED) is 0.919. The molecule has 1 N–H and O–H groups in total. The van der Waals surface area contributed by atoms with Crippen LogP contribution in [0.25, 0.3) is 0 Å². The molecule has 1 aliphatic carbocycles. The Morgan fingerprint density at radius 2 is 2.05 bits per heavy atom. The van der Waals surface area contributed by atoms with E-state index in [-0.39, 0.29) is 0 Å². The fourth-order valence-electron chi connectivity index (χ4n) is 3.10. The molecule has 0 radical (unpaired) electrons. The van der Waals surface area contributed by atoms with Gasteiger partial charge < -0.3 is 15.1 Å². The summed E-state index contributed by atoms with van der Waals surface area (Å²) in [6, 6.07) is 3.54. The zero-order chi connectivity index (χ0) is 15.0. The third-order valence-corrected chi connectivity index (χ3v) is 4.86. The summed E-state index contributed by atoms with van der Waals surface area (Å²) in [6.07, 6.45) is 2.67. The Kier molecular flexibility index (Phi) is 4.18. The molecule has 2 heterocycles. The first-order valence-electron chi connectivity index (χ1n) is 8.20. The smallest absolute Gasteiger partial charge is 0.133 e. The summed E-state index contributed by atoms with van der Waals surface area (Å²) in [5.74, 6) is 1.21. The number of pyridine rings is 1. The molecule has 21 heavy (non-hydrogen) atoms. The highest BCUT2D eigenvalue weighted by Gasteiger charge is 2.26. The zero-order valence-electron chi connectivity index (χ0n) is 13.8. The summed E-state index contributed by atoms with van der Waals surface area (Å²) >= 11 is 0. The van der Waals surface area contributed by atoms with E-state index in [1.165, 1.54) is 29.8 Å². The average Bonchev–Trinajstić information content (AvgIpc) is 3.24. The van der Waals surface area contributed by atoms with Crippen LogP contribution >= 0.6 is 0 Å². The van der Waals surface area contributed by atoms with Gasteiger partial charge in [0.05, 0.1) is 0 Å². The van der Waals surface area contributed by atoms with Crippen LogP contribution in [-0.4, -0.2) is 48.6 Å². The SMILES string of the molecule is Cc1cc(C)c(CNC2CC2)c(N2CCN(C)C(C)C2)n1. The van der Waals surface area contributed by atoms with Gasteiger partial charge in [-0.2, -0.15) is 0 Å². The van der Waals surface area contributed by atoms with E-state index in [0.29, 0.717) is 6.04 Å².